The van der Waals surface area contributed by atoms with Gasteiger partial charge in [-0.2, -0.15) is 0 Å². The summed E-state index contributed by atoms with van der Waals surface area (Å²) in [6, 6.07) is 0. The number of aliphatic carboxylic acids is 2. The SMILES string of the molecule is C[C@H](CCC(=O)OCOC(=O)CCP(=O)(O)CC(CCC(=O)O)C(=O)O)C1CCC2C3CCC4CCCCC4(C)C3CCC21C. The first-order valence-electron chi connectivity index (χ1n) is 17.2. The maximum absolute atomic E-state index is 12.5. The molecule has 0 bridgehead atoms. The van der Waals surface area contributed by atoms with Crippen LogP contribution >= 0.6 is 7.37 Å². The normalized spacial score (nSPS) is 35.1. The Balaban J connectivity index is 1.17. The van der Waals surface area contributed by atoms with E-state index in [4.69, 9.17) is 14.6 Å². The predicted octanol–water partition coefficient (Wildman–Crippen LogP) is 6.72. The molecule has 4 rings (SSSR count). The van der Waals surface area contributed by atoms with Crippen molar-refractivity contribution in [2.24, 2.45) is 52.3 Å². The maximum Gasteiger partial charge on any atom is 0.309 e. The number of carbonyl (C=O) groups is 4. The summed E-state index contributed by atoms with van der Waals surface area (Å²) in [4.78, 5) is 56.7. The van der Waals surface area contributed by atoms with Crippen LogP contribution in [0.5, 0.6) is 0 Å². The molecule has 10 atom stereocenters. The highest BCUT2D eigenvalue weighted by Gasteiger charge is 2.60. The quantitative estimate of drug-likeness (QED) is 0.0980. The van der Waals surface area contributed by atoms with E-state index in [1.165, 1.54) is 64.2 Å². The zero-order valence-electron chi connectivity index (χ0n) is 27.4. The Morgan fingerprint density at radius 3 is 2.20 bits per heavy atom. The number of hydrogen-bond acceptors (Lipinski definition) is 7. The zero-order chi connectivity index (χ0) is 33.0. The van der Waals surface area contributed by atoms with Crippen LogP contribution < -0.4 is 0 Å². The first-order chi connectivity index (χ1) is 21.2. The first kappa shape index (κ1) is 35.9. The predicted molar refractivity (Wildman–Crippen MR) is 167 cm³/mol. The second-order valence-corrected chi connectivity index (χ2v) is 17.8. The largest absolute Gasteiger partial charge is 0.481 e. The highest BCUT2D eigenvalue weighted by atomic mass is 31.2. The van der Waals surface area contributed by atoms with Gasteiger partial charge in [0.15, 0.2) is 0 Å². The zero-order valence-corrected chi connectivity index (χ0v) is 28.3. The summed E-state index contributed by atoms with van der Waals surface area (Å²) in [6.45, 7) is 6.83. The number of hydrogen-bond donors (Lipinski definition) is 3. The molecule has 45 heavy (non-hydrogen) atoms. The molecule has 0 aromatic heterocycles. The number of rotatable bonds is 15. The summed E-state index contributed by atoms with van der Waals surface area (Å²) in [5.74, 6) is -0.753. The molecule has 3 N–H and O–H groups in total. The molecular formula is C34H55O10P. The van der Waals surface area contributed by atoms with Crippen LogP contribution in [-0.4, -0.2) is 58.1 Å². The molecule has 4 aliphatic rings. The fraction of sp³-hybridized carbons (Fsp3) is 0.882. The van der Waals surface area contributed by atoms with Gasteiger partial charge < -0.3 is 24.6 Å². The molecule has 0 spiro atoms. The second kappa shape index (κ2) is 14.9. The third kappa shape index (κ3) is 8.51. The van der Waals surface area contributed by atoms with E-state index in [1.807, 2.05) is 0 Å². The molecule has 0 aromatic carbocycles. The molecule has 0 amide bonds. The third-order valence-electron chi connectivity index (χ3n) is 12.8. The highest BCUT2D eigenvalue weighted by Crippen LogP contribution is 2.68. The minimum atomic E-state index is -4.02. The third-order valence-corrected chi connectivity index (χ3v) is 14.7. The summed E-state index contributed by atoms with van der Waals surface area (Å²) in [7, 11) is -4.02. The Hall–Kier alpha value is -1.93. The number of carbonyl (C=O) groups excluding carboxylic acids is 2. The van der Waals surface area contributed by atoms with Gasteiger partial charge in [0.1, 0.15) is 0 Å². The van der Waals surface area contributed by atoms with Crippen molar-refractivity contribution >= 4 is 31.2 Å². The smallest absolute Gasteiger partial charge is 0.309 e. The van der Waals surface area contributed by atoms with Gasteiger partial charge in [0, 0.05) is 25.2 Å². The molecule has 11 heteroatoms. The van der Waals surface area contributed by atoms with Gasteiger partial charge in [-0.3, -0.25) is 23.7 Å². The fourth-order valence-corrected chi connectivity index (χ4v) is 12.2. The summed E-state index contributed by atoms with van der Waals surface area (Å²) >= 11 is 0. The lowest BCUT2D eigenvalue weighted by Gasteiger charge is -2.61. The van der Waals surface area contributed by atoms with E-state index in [0.717, 1.165) is 23.7 Å². The van der Waals surface area contributed by atoms with Crippen LogP contribution in [0.3, 0.4) is 0 Å². The van der Waals surface area contributed by atoms with Crippen molar-refractivity contribution < 1.29 is 48.3 Å². The van der Waals surface area contributed by atoms with Crippen molar-refractivity contribution in [1.82, 2.24) is 0 Å². The molecule has 0 radical (unpaired) electrons. The Morgan fingerprint density at radius 1 is 0.822 bits per heavy atom. The number of esters is 2. The molecular weight excluding hydrogens is 599 g/mol. The van der Waals surface area contributed by atoms with E-state index in [0.29, 0.717) is 29.1 Å². The van der Waals surface area contributed by atoms with Crippen molar-refractivity contribution in [2.75, 3.05) is 19.1 Å². The van der Waals surface area contributed by atoms with Gasteiger partial charge in [0.05, 0.1) is 12.3 Å². The molecule has 9 unspecified atom stereocenters. The van der Waals surface area contributed by atoms with Crippen molar-refractivity contribution in [2.45, 2.75) is 117 Å². The van der Waals surface area contributed by atoms with Crippen LogP contribution in [0.25, 0.3) is 0 Å². The summed E-state index contributed by atoms with van der Waals surface area (Å²) in [5, 5.41) is 18.0. The average molecular weight is 655 g/mol. The number of carboxylic acids is 2. The van der Waals surface area contributed by atoms with E-state index < -0.39 is 69.1 Å². The topological polar surface area (TPSA) is 164 Å². The van der Waals surface area contributed by atoms with E-state index in [9.17, 15) is 33.7 Å². The van der Waals surface area contributed by atoms with E-state index in [1.54, 1.807) is 0 Å². The molecule has 0 heterocycles. The van der Waals surface area contributed by atoms with E-state index in [-0.39, 0.29) is 12.8 Å². The molecule has 4 aliphatic carbocycles. The van der Waals surface area contributed by atoms with Gasteiger partial charge in [0.25, 0.3) is 0 Å². The summed E-state index contributed by atoms with van der Waals surface area (Å²) in [5.41, 5.74) is 0.856. The van der Waals surface area contributed by atoms with Crippen LogP contribution in [0.4, 0.5) is 0 Å². The van der Waals surface area contributed by atoms with Crippen molar-refractivity contribution in [1.29, 1.82) is 0 Å². The molecule has 0 aliphatic heterocycles. The lowest BCUT2D eigenvalue weighted by atomic mass is 9.44. The van der Waals surface area contributed by atoms with Crippen LogP contribution in [0.2, 0.25) is 0 Å². The molecule has 10 nitrogen and oxygen atoms in total. The van der Waals surface area contributed by atoms with Crippen molar-refractivity contribution in [3.05, 3.63) is 0 Å². The van der Waals surface area contributed by atoms with Gasteiger partial charge in [-0.1, -0.05) is 33.6 Å². The Morgan fingerprint density at radius 2 is 1.51 bits per heavy atom. The monoisotopic (exact) mass is 654 g/mol. The van der Waals surface area contributed by atoms with Gasteiger partial charge >= 0.3 is 23.9 Å². The second-order valence-electron chi connectivity index (χ2n) is 15.3. The summed E-state index contributed by atoms with van der Waals surface area (Å²) in [6.07, 6.45) is 12.2. The maximum atomic E-state index is 12.5. The Bertz CT molecular complexity index is 1140. The summed E-state index contributed by atoms with van der Waals surface area (Å²) < 4.78 is 22.5. The molecule has 4 fully saturated rings. The van der Waals surface area contributed by atoms with Crippen LogP contribution in [0, 0.1) is 52.3 Å². The van der Waals surface area contributed by atoms with Crippen molar-refractivity contribution in [3.63, 3.8) is 0 Å². The van der Waals surface area contributed by atoms with Crippen LogP contribution in [0.1, 0.15) is 117 Å². The highest BCUT2D eigenvalue weighted by molar-refractivity contribution is 7.58. The average Bonchev–Trinajstić information content (AvgIpc) is 3.34. The molecule has 0 saturated heterocycles. The standard InChI is InChI=1S/C34H55O10P/c1-22(26-11-12-27-25-10-9-24-6-4-5-17-33(24,2)28(25)15-18-34(26,27)3)7-14-30(37)43-21-44-31(38)16-19-45(41,42)20-23(32(39)40)8-13-29(35)36/h22-28H,4-21H2,1-3H3,(H,35,36)(H,39,40)(H,41,42)/t22-,23?,24?,25?,26?,27?,28?,33?,34?/m1/s1. The van der Waals surface area contributed by atoms with Gasteiger partial charge in [-0.25, -0.2) is 0 Å². The lowest BCUT2D eigenvalue weighted by molar-refractivity contribution is -0.167. The first-order valence-corrected chi connectivity index (χ1v) is 19.3. The fourth-order valence-electron chi connectivity index (χ4n) is 10.4. The minimum Gasteiger partial charge on any atom is -0.481 e. The van der Waals surface area contributed by atoms with E-state index in [2.05, 4.69) is 20.8 Å². The van der Waals surface area contributed by atoms with E-state index >= 15 is 0 Å². The Labute approximate surface area is 267 Å². The van der Waals surface area contributed by atoms with Crippen molar-refractivity contribution in [3.8, 4) is 0 Å². The minimum absolute atomic E-state index is 0.237. The molecule has 0 aromatic rings. The van der Waals surface area contributed by atoms with Gasteiger partial charge in [-0.05, 0) is 111 Å². The molecule has 256 valence electrons. The number of ether oxygens (including phenoxy) is 2. The lowest BCUT2D eigenvalue weighted by Crippen LogP contribution is -2.53. The Kier molecular flexibility index (Phi) is 11.9. The van der Waals surface area contributed by atoms with Gasteiger partial charge in [0.2, 0.25) is 14.2 Å². The van der Waals surface area contributed by atoms with Crippen LogP contribution in [-0.2, 0) is 33.2 Å². The van der Waals surface area contributed by atoms with Crippen LogP contribution in [0.15, 0.2) is 0 Å². The molecule has 4 saturated carbocycles. The number of carboxylic acid groups (broad SMARTS) is 2. The van der Waals surface area contributed by atoms with Gasteiger partial charge in [-0.15, -0.1) is 0 Å². The number of fused-ring (bicyclic) bond motifs is 5.